The standard InChI is InChI=1S/C30H36N4O3S/c35-27-19-26(23-8-2-1-3-9-23)31-22-33(27)21-30(37)14-16-32(20-29(30)12-4-5-13-29)28(36)34-15-6-10-24(34)18-25-11-7-17-38-25/h1-3,7-9,11,17,19,22,24,37H,4-6,10,12-16,18,20-21H2. The van der Waals surface area contributed by atoms with E-state index in [1.807, 2.05) is 35.2 Å². The first-order valence-corrected chi connectivity index (χ1v) is 14.8. The van der Waals surface area contributed by atoms with Crippen molar-refractivity contribution in [3.05, 3.63) is 75.5 Å². The first-order chi connectivity index (χ1) is 18.5. The second-order valence-electron chi connectivity index (χ2n) is 11.4. The number of aromatic nitrogens is 2. The molecule has 2 saturated heterocycles. The quantitative estimate of drug-likeness (QED) is 0.512. The Morgan fingerprint density at radius 2 is 1.87 bits per heavy atom. The molecule has 2 amide bonds. The summed E-state index contributed by atoms with van der Waals surface area (Å²) in [6, 6.07) is 15.8. The molecular formula is C30H36N4O3S. The number of aliphatic hydroxyl groups is 1. The van der Waals surface area contributed by atoms with Gasteiger partial charge in [0.05, 0.1) is 24.2 Å². The molecule has 1 spiro atoms. The van der Waals surface area contributed by atoms with Crippen LogP contribution in [0.2, 0.25) is 0 Å². The van der Waals surface area contributed by atoms with Gasteiger partial charge in [-0.1, -0.05) is 49.2 Å². The maximum atomic E-state index is 13.8. The number of carbonyl (C=O) groups excluding carboxylic acids is 1. The van der Waals surface area contributed by atoms with Gasteiger partial charge in [-0.2, -0.15) is 0 Å². The number of rotatable bonds is 5. The fraction of sp³-hybridized carbons (Fsp3) is 0.500. The summed E-state index contributed by atoms with van der Waals surface area (Å²) in [5.41, 5.74) is -0.0816. The fourth-order valence-corrected chi connectivity index (χ4v) is 7.78. The lowest BCUT2D eigenvalue weighted by Gasteiger charge is -2.53. The van der Waals surface area contributed by atoms with Gasteiger partial charge in [0.25, 0.3) is 5.56 Å². The van der Waals surface area contributed by atoms with Crippen molar-refractivity contribution in [2.24, 2.45) is 5.41 Å². The Bertz CT molecular complexity index is 1320. The molecule has 1 aliphatic carbocycles. The van der Waals surface area contributed by atoms with Crippen molar-refractivity contribution in [1.82, 2.24) is 19.4 Å². The maximum absolute atomic E-state index is 13.8. The third kappa shape index (κ3) is 4.69. The summed E-state index contributed by atoms with van der Waals surface area (Å²) in [5.74, 6) is 0. The molecule has 1 saturated carbocycles. The summed E-state index contributed by atoms with van der Waals surface area (Å²) in [5, 5.41) is 14.2. The van der Waals surface area contributed by atoms with Gasteiger partial charge in [-0.15, -0.1) is 11.3 Å². The number of benzene rings is 1. The number of thiophene rings is 1. The predicted octanol–water partition coefficient (Wildman–Crippen LogP) is 4.80. The van der Waals surface area contributed by atoms with Crippen LogP contribution in [-0.2, 0) is 13.0 Å². The summed E-state index contributed by atoms with van der Waals surface area (Å²) in [4.78, 5) is 36.8. The van der Waals surface area contributed by atoms with Gasteiger partial charge < -0.3 is 14.9 Å². The van der Waals surface area contributed by atoms with E-state index in [1.165, 1.54) is 4.88 Å². The molecule has 0 bridgehead atoms. The van der Waals surface area contributed by atoms with Crippen molar-refractivity contribution in [1.29, 1.82) is 0 Å². The summed E-state index contributed by atoms with van der Waals surface area (Å²) < 4.78 is 1.56. The first-order valence-electron chi connectivity index (χ1n) is 13.9. The first kappa shape index (κ1) is 25.3. The molecule has 0 radical (unpaired) electrons. The van der Waals surface area contributed by atoms with Crippen LogP contribution in [0, 0.1) is 5.41 Å². The van der Waals surface area contributed by atoms with Crippen LogP contribution in [0.15, 0.2) is 65.0 Å². The van der Waals surface area contributed by atoms with Gasteiger partial charge >= 0.3 is 6.03 Å². The second-order valence-corrected chi connectivity index (χ2v) is 12.4. The van der Waals surface area contributed by atoms with Gasteiger partial charge in [-0.25, -0.2) is 9.78 Å². The van der Waals surface area contributed by atoms with Crippen molar-refractivity contribution in [3.8, 4) is 11.3 Å². The van der Waals surface area contributed by atoms with E-state index < -0.39 is 11.0 Å². The number of hydrogen-bond donors (Lipinski definition) is 1. The van der Waals surface area contributed by atoms with E-state index in [4.69, 9.17) is 0 Å². The van der Waals surface area contributed by atoms with Gasteiger partial charge in [0.2, 0.25) is 0 Å². The van der Waals surface area contributed by atoms with Crippen molar-refractivity contribution in [2.75, 3.05) is 19.6 Å². The normalized spacial score (nSPS) is 24.8. The number of nitrogens with zero attached hydrogens (tertiary/aromatic N) is 4. The summed E-state index contributed by atoms with van der Waals surface area (Å²) >= 11 is 1.76. The van der Waals surface area contributed by atoms with E-state index in [1.54, 1.807) is 28.3 Å². The van der Waals surface area contributed by atoms with E-state index in [0.717, 1.165) is 57.1 Å². The van der Waals surface area contributed by atoms with E-state index in [0.29, 0.717) is 25.2 Å². The predicted molar refractivity (Wildman–Crippen MR) is 149 cm³/mol. The van der Waals surface area contributed by atoms with Crippen LogP contribution in [0.5, 0.6) is 0 Å². The lowest BCUT2D eigenvalue weighted by molar-refractivity contribution is -0.136. The van der Waals surface area contributed by atoms with Crippen molar-refractivity contribution in [2.45, 2.75) is 69.6 Å². The number of piperidine rings is 1. The number of carbonyl (C=O) groups is 1. The molecule has 2 aromatic heterocycles. The highest BCUT2D eigenvalue weighted by molar-refractivity contribution is 7.09. The highest BCUT2D eigenvalue weighted by atomic mass is 32.1. The average molecular weight is 533 g/mol. The molecule has 3 fully saturated rings. The molecule has 2 atom stereocenters. The Morgan fingerprint density at radius 3 is 2.61 bits per heavy atom. The third-order valence-corrected chi connectivity index (χ3v) is 10.0. The SMILES string of the molecule is O=C(N1CCC(O)(Cn2cnc(-c3ccccc3)cc2=O)C2(CCCC2)C1)N1CCCC1Cc1cccs1. The summed E-state index contributed by atoms with van der Waals surface area (Å²) in [6.45, 7) is 2.07. The van der Waals surface area contributed by atoms with Crippen LogP contribution in [0.1, 0.15) is 49.8 Å². The topological polar surface area (TPSA) is 78.7 Å². The molecule has 1 N–H and O–H groups in total. The molecule has 7 nitrogen and oxygen atoms in total. The lowest BCUT2D eigenvalue weighted by Crippen LogP contribution is -2.63. The molecule has 2 aliphatic heterocycles. The van der Waals surface area contributed by atoms with Gasteiger partial charge in [-0.05, 0) is 43.6 Å². The highest BCUT2D eigenvalue weighted by Gasteiger charge is 2.56. The van der Waals surface area contributed by atoms with Gasteiger partial charge in [0.1, 0.15) is 0 Å². The van der Waals surface area contributed by atoms with Crippen molar-refractivity contribution >= 4 is 17.4 Å². The minimum atomic E-state index is -1.05. The Labute approximate surface area is 227 Å². The van der Waals surface area contributed by atoms with Gasteiger partial charge in [-0.3, -0.25) is 9.36 Å². The minimum absolute atomic E-state index is 0.114. The summed E-state index contributed by atoms with van der Waals surface area (Å²) in [6.07, 6.45) is 8.86. The van der Waals surface area contributed by atoms with Gasteiger partial charge in [0.15, 0.2) is 0 Å². The monoisotopic (exact) mass is 532 g/mol. The number of likely N-dealkylation sites (tertiary alicyclic amines) is 2. The Morgan fingerprint density at radius 1 is 1.05 bits per heavy atom. The Kier molecular flexibility index (Phi) is 6.86. The second kappa shape index (κ2) is 10.3. The van der Waals surface area contributed by atoms with Crippen LogP contribution >= 0.6 is 11.3 Å². The number of urea groups is 1. The average Bonchev–Trinajstić information content (AvgIpc) is 3.71. The smallest absolute Gasteiger partial charge is 0.320 e. The molecule has 4 heterocycles. The molecule has 200 valence electrons. The zero-order valence-electron chi connectivity index (χ0n) is 21.8. The summed E-state index contributed by atoms with van der Waals surface area (Å²) in [7, 11) is 0. The minimum Gasteiger partial charge on any atom is -0.387 e. The van der Waals surface area contributed by atoms with Crippen molar-refractivity contribution < 1.29 is 9.90 Å². The molecule has 3 aromatic rings. The van der Waals surface area contributed by atoms with Crippen molar-refractivity contribution in [3.63, 3.8) is 0 Å². The van der Waals surface area contributed by atoms with Gasteiger partial charge in [0, 0.05) is 54.0 Å². The fourth-order valence-electron chi connectivity index (χ4n) is 7.00. The maximum Gasteiger partial charge on any atom is 0.320 e. The number of amides is 2. The largest absolute Gasteiger partial charge is 0.387 e. The molecule has 1 aromatic carbocycles. The zero-order chi connectivity index (χ0) is 26.2. The van der Waals surface area contributed by atoms with Crippen LogP contribution < -0.4 is 5.56 Å². The molecular weight excluding hydrogens is 496 g/mol. The Balaban J connectivity index is 1.20. The van der Waals surface area contributed by atoms with Crippen LogP contribution in [-0.4, -0.2) is 61.8 Å². The molecule has 8 heteroatoms. The van der Waals surface area contributed by atoms with Crippen LogP contribution in [0.3, 0.4) is 0 Å². The van der Waals surface area contributed by atoms with Crippen LogP contribution in [0.4, 0.5) is 4.79 Å². The molecule has 2 unspecified atom stereocenters. The highest BCUT2D eigenvalue weighted by Crippen LogP contribution is 2.51. The number of hydrogen-bond acceptors (Lipinski definition) is 5. The third-order valence-electron chi connectivity index (χ3n) is 9.13. The van der Waals surface area contributed by atoms with E-state index in [9.17, 15) is 14.7 Å². The lowest BCUT2D eigenvalue weighted by atomic mass is 9.66. The Hall–Kier alpha value is -2.97. The molecule has 3 aliphatic rings. The van der Waals surface area contributed by atoms with Crippen LogP contribution in [0.25, 0.3) is 11.3 Å². The van der Waals surface area contributed by atoms with E-state index in [-0.39, 0.29) is 24.2 Å². The molecule has 38 heavy (non-hydrogen) atoms. The van der Waals surface area contributed by atoms with E-state index in [2.05, 4.69) is 27.4 Å². The van der Waals surface area contributed by atoms with E-state index >= 15 is 0 Å². The zero-order valence-corrected chi connectivity index (χ0v) is 22.6. The molecule has 6 rings (SSSR count).